The molecular formula is C17H18N2O6S. The lowest BCUT2D eigenvalue weighted by Gasteiger charge is -2.15. The number of aromatic hydroxyl groups is 1. The standard InChI is InChI=1S/C17H18N2O6S/c1-11-2-8-14(9-3-11)26(24,25)19-17(23)18-15(16(21)22)10-12-4-6-13(20)7-5-12/h2-9,15,20H,10H2,1H3,(H,21,22)(H2,18,19,23)/t15-/m0/s1. The van der Waals surface area contributed by atoms with Gasteiger partial charge in [-0.3, -0.25) is 0 Å². The van der Waals surface area contributed by atoms with Gasteiger partial charge in [0.1, 0.15) is 11.8 Å². The molecule has 0 fully saturated rings. The molecule has 4 N–H and O–H groups in total. The van der Waals surface area contributed by atoms with Gasteiger partial charge in [-0.05, 0) is 36.8 Å². The predicted molar refractivity (Wildman–Crippen MR) is 93.3 cm³/mol. The van der Waals surface area contributed by atoms with E-state index in [2.05, 4.69) is 5.32 Å². The quantitative estimate of drug-likeness (QED) is 0.600. The van der Waals surface area contributed by atoms with Gasteiger partial charge in [0.15, 0.2) is 0 Å². The van der Waals surface area contributed by atoms with Gasteiger partial charge >= 0.3 is 12.0 Å². The lowest BCUT2D eigenvalue weighted by atomic mass is 10.1. The van der Waals surface area contributed by atoms with Crippen LogP contribution < -0.4 is 10.0 Å². The van der Waals surface area contributed by atoms with E-state index in [0.717, 1.165) is 5.56 Å². The molecule has 26 heavy (non-hydrogen) atoms. The van der Waals surface area contributed by atoms with Crippen LogP contribution in [0.5, 0.6) is 5.75 Å². The number of aryl methyl sites for hydroxylation is 1. The summed E-state index contributed by atoms with van der Waals surface area (Å²) in [6.45, 7) is 1.79. The van der Waals surface area contributed by atoms with Crippen LogP contribution >= 0.6 is 0 Å². The number of aliphatic carboxylic acids is 1. The molecular weight excluding hydrogens is 360 g/mol. The number of phenols is 1. The van der Waals surface area contributed by atoms with Crippen LogP contribution in [0.2, 0.25) is 0 Å². The number of nitrogens with one attached hydrogen (secondary N) is 2. The molecule has 9 heteroatoms. The maximum absolute atomic E-state index is 12.2. The van der Waals surface area contributed by atoms with E-state index in [9.17, 15) is 28.2 Å². The Morgan fingerprint density at radius 3 is 2.15 bits per heavy atom. The van der Waals surface area contributed by atoms with Crippen molar-refractivity contribution in [2.24, 2.45) is 0 Å². The first-order valence-electron chi connectivity index (χ1n) is 7.58. The van der Waals surface area contributed by atoms with E-state index in [1.54, 1.807) is 23.8 Å². The number of carboxylic acids is 1. The molecule has 0 saturated heterocycles. The molecule has 0 unspecified atom stereocenters. The van der Waals surface area contributed by atoms with Crippen molar-refractivity contribution in [3.8, 4) is 5.75 Å². The second kappa shape index (κ2) is 7.87. The summed E-state index contributed by atoms with van der Waals surface area (Å²) >= 11 is 0. The minimum absolute atomic E-state index is 0.0236. The van der Waals surface area contributed by atoms with Crippen molar-refractivity contribution in [1.82, 2.24) is 10.0 Å². The topological polar surface area (TPSA) is 133 Å². The molecule has 138 valence electrons. The molecule has 0 radical (unpaired) electrons. The fraction of sp³-hybridized carbons (Fsp3) is 0.176. The highest BCUT2D eigenvalue weighted by atomic mass is 32.2. The molecule has 0 saturated carbocycles. The highest BCUT2D eigenvalue weighted by Crippen LogP contribution is 2.12. The number of benzene rings is 2. The molecule has 0 bridgehead atoms. The fourth-order valence-corrected chi connectivity index (χ4v) is 3.07. The number of sulfonamides is 1. The van der Waals surface area contributed by atoms with Crippen LogP contribution in [-0.2, 0) is 21.2 Å². The van der Waals surface area contributed by atoms with Crippen molar-refractivity contribution in [2.45, 2.75) is 24.3 Å². The first kappa shape index (κ1) is 19.3. The maximum Gasteiger partial charge on any atom is 0.329 e. The van der Waals surface area contributed by atoms with E-state index in [1.165, 1.54) is 36.4 Å². The lowest BCUT2D eigenvalue weighted by Crippen LogP contribution is -2.48. The van der Waals surface area contributed by atoms with Crippen molar-refractivity contribution in [3.63, 3.8) is 0 Å². The average molecular weight is 378 g/mol. The lowest BCUT2D eigenvalue weighted by molar-refractivity contribution is -0.139. The Balaban J connectivity index is 2.06. The Bertz CT molecular complexity index is 892. The van der Waals surface area contributed by atoms with Gasteiger partial charge < -0.3 is 15.5 Å². The second-order valence-corrected chi connectivity index (χ2v) is 7.34. The second-order valence-electron chi connectivity index (χ2n) is 5.65. The molecule has 0 aliphatic carbocycles. The molecule has 2 amide bonds. The molecule has 2 rings (SSSR count). The largest absolute Gasteiger partial charge is 0.508 e. The molecule has 0 aliphatic heterocycles. The van der Waals surface area contributed by atoms with Crippen LogP contribution in [0, 0.1) is 6.92 Å². The zero-order valence-corrected chi connectivity index (χ0v) is 14.7. The highest BCUT2D eigenvalue weighted by molar-refractivity contribution is 7.90. The summed E-state index contributed by atoms with van der Waals surface area (Å²) in [5.74, 6) is -1.29. The van der Waals surface area contributed by atoms with Crippen LogP contribution in [0.25, 0.3) is 0 Å². The zero-order valence-electron chi connectivity index (χ0n) is 13.8. The van der Waals surface area contributed by atoms with E-state index >= 15 is 0 Å². The number of phenolic OH excluding ortho intramolecular Hbond substituents is 1. The monoisotopic (exact) mass is 378 g/mol. The summed E-state index contributed by atoms with van der Waals surface area (Å²) in [6.07, 6.45) is -0.0758. The van der Waals surface area contributed by atoms with Gasteiger partial charge in [0.2, 0.25) is 0 Å². The average Bonchev–Trinajstić information content (AvgIpc) is 2.56. The smallest absolute Gasteiger partial charge is 0.329 e. The summed E-state index contributed by atoms with van der Waals surface area (Å²) < 4.78 is 26.1. The third-order valence-electron chi connectivity index (χ3n) is 3.54. The van der Waals surface area contributed by atoms with Gasteiger partial charge in [0.25, 0.3) is 10.0 Å². The Morgan fingerprint density at radius 1 is 1.04 bits per heavy atom. The minimum Gasteiger partial charge on any atom is -0.508 e. The highest BCUT2D eigenvalue weighted by Gasteiger charge is 2.24. The van der Waals surface area contributed by atoms with Crippen LogP contribution in [-0.4, -0.2) is 36.7 Å². The van der Waals surface area contributed by atoms with Gasteiger partial charge in [0, 0.05) is 6.42 Å². The van der Waals surface area contributed by atoms with Crippen LogP contribution in [0.3, 0.4) is 0 Å². The Labute approximate surface area is 150 Å². The SMILES string of the molecule is Cc1ccc(S(=O)(=O)NC(=O)N[C@@H](Cc2ccc(O)cc2)C(=O)O)cc1. The number of carbonyl (C=O) groups is 2. The number of amides is 2. The van der Waals surface area contributed by atoms with Crippen LogP contribution in [0.1, 0.15) is 11.1 Å². The van der Waals surface area contributed by atoms with Gasteiger partial charge in [-0.15, -0.1) is 0 Å². The molecule has 2 aromatic rings. The van der Waals surface area contributed by atoms with Gasteiger partial charge in [-0.2, -0.15) is 0 Å². The number of hydrogen-bond donors (Lipinski definition) is 4. The maximum atomic E-state index is 12.2. The number of carbonyl (C=O) groups excluding carboxylic acids is 1. The molecule has 0 spiro atoms. The van der Waals surface area contributed by atoms with Crippen molar-refractivity contribution in [2.75, 3.05) is 0 Å². The van der Waals surface area contributed by atoms with E-state index in [4.69, 9.17) is 0 Å². The van der Waals surface area contributed by atoms with E-state index in [1.807, 2.05) is 0 Å². The molecule has 1 atom stereocenters. The summed E-state index contributed by atoms with van der Waals surface area (Å²) in [6, 6.07) is 9.15. The Kier molecular flexibility index (Phi) is 5.83. The van der Waals surface area contributed by atoms with Crippen molar-refractivity contribution in [1.29, 1.82) is 0 Å². The number of hydrogen-bond acceptors (Lipinski definition) is 5. The summed E-state index contributed by atoms with van der Waals surface area (Å²) in [7, 11) is -4.11. The minimum atomic E-state index is -4.11. The summed E-state index contributed by atoms with van der Waals surface area (Å²) in [4.78, 5) is 23.2. The Hall–Kier alpha value is -3.07. The van der Waals surface area contributed by atoms with Crippen molar-refractivity contribution in [3.05, 3.63) is 59.7 Å². The number of rotatable bonds is 6. The van der Waals surface area contributed by atoms with E-state index in [0.29, 0.717) is 5.56 Å². The third-order valence-corrected chi connectivity index (χ3v) is 4.88. The summed E-state index contributed by atoms with van der Waals surface area (Å²) in [5, 5.41) is 20.6. The Morgan fingerprint density at radius 2 is 1.62 bits per heavy atom. The zero-order chi connectivity index (χ0) is 19.3. The molecule has 2 aromatic carbocycles. The molecule has 0 aromatic heterocycles. The fourth-order valence-electron chi connectivity index (χ4n) is 2.15. The summed E-state index contributed by atoms with van der Waals surface area (Å²) in [5.41, 5.74) is 1.41. The number of urea groups is 1. The van der Waals surface area contributed by atoms with Crippen molar-refractivity contribution < 1.29 is 28.2 Å². The first-order chi connectivity index (χ1) is 12.2. The van der Waals surface area contributed by atoms with E-state index in [-0.39, 0.29) is 17.1 Å². The third kappa shape index (κ3) is 5.21. The first-order valence-corrected chi connectivity index (χ1v) is 9.06. The van der Waals surface area contributed by atoms with Gasteiger partial charge in [-0.1, -0.05) is 29.8 Å². The molecule has 8 nitrogen and oxygen atoms in total. The predicted octanol–water partition coefficient (Wildman–Crippen LogP) is 1.38. The molecule has 0 heterocycles. The van der Waals surface area contributed by atoms with Gasteiger partial charge in [0.05, 0.1) is 4.90 Å². The van der Waals surface area contributed by atoms with Gasteiger partial charge in [-0.25, -0.2) is 22.7 Å². The van der Waals surface area contributed by atoms with Crippen molar-refractivity contribution >= 4 is 22.0 Å². The van der Waals surface area contributed by atoms with E-state index < -0.39 is 28.1 Å². The van der Waals surface area contributed by atoms with Crippen LogP contribution in [0.15, 0.2) is 53.4 Å². The van der Waals surface area contributed by atoms with Crippen LogP contribution in [0.4, 0.5) is 4.79 Å². The molecule has 0 aliphatic rings. The number of carboxylic acid groups (broad SMARTS) is 1. The normalized spacial score (nSPS) is 12.2.